The van der Waals surface area contributed by atoms with Gasteiger partial charge in [0.1, 0.15) is 0 Å². The van der Waals surface area contributed by atoms with E-state index in [9.17, 15) is 9.59 Å². The quantitative estimate of drug-likeness (QED) is 0.660. The van der Waals surface area contributed by atoms with Gasteiger partial charge in [0.05, 0.1) is 12.0 Å². The monoisotopic (exact) mass is 274 g/mol. The maximum absolute atomic E-state index is 11.7. The Labute approximate surface area is 112 Å². The average molecular weight is 274 g/mol. The SMILES string of the molecule is CSCC(C)CNC(=O)NC1(CC(=O)O)CCC1. The van der Waals surface area contributed by atoms with Gasteiger partial charge in [-0.05, 0) is 37.2 Å². The average Bonchev–Trinajstić information content (AvgIpc) is 2.23. The molecule has 1 atom stereocenters. The van der Waals surface area contributed by atoms with Gasteiger partial charge in [0.25, 0.3) is 0 Å². The van der Waals surface area contributed by atoms with Crippen molar-refractivity contribution in [2.24, 2.45) is 5.92 Å². The largest absolute Gasteiger partial charge is 0.481 e. The maximum Gasteiger partial charge on any atom is 0.315 e. The number of carbonyl (C=O) groups is 2. The van der Waals surface area contributed by atoms with E-state index in [0.29, 0.717) is 12.5 Å². The summed E-state index contributed by atoms with van der Waals surface area (Å²) in [7, 11) is 0. The van der Waals surface area contributed by atoms with Crippen molar-refractivity contribution >= 4 is 23.8 Å². The highest BCUT2D eigenvalue weighted by atomic mass is 32.2. The molecule has 1 aliphatic rings. The van der Waals surface area contributed by atoms with Crippen molar-refractivity contribution in [3.05, 3.63) is 0 Å². The number of carboxylic acid groups (broad SMARTS) is 1. The Hall–Kier alpha value is -0.910. The number of aliphatic carboxylic acids is 1. The normalized spacial score (nSPS) is 18.6. The van der Waals surface area contributed by atoms with E-state index in [1.54, 1.807) is 11.8 Å². The van der Waals surface area contributed by atoms with Crippen LogP contribution in [0.4, 0.5) is 4.79 Å². The number of urea groups is 1. The summed E-state index contributed by atoms with van der Waals surface area (Å²) < 4.78 is 0. The first-order valence-corrected chi connectivity index (χ1v) is 7.63. The summed E-state index contributed by atoms with van der Waals surface area (Å²) in [6.45, 7) is 2.70. The predicted octanol–water partition coefficient (Wildman–Crippen LogP) is 1.68. The molecule has 1 saturated carbocycles. The first kappa shape index (κ1) is 15.1. The van der Waals surface area contributed by atoms with E-state index in [2.05, 4.69) is 17.6 Å². The van der Waals surface area contributed by atoms with Crippen LogP contribution in [0.25, 0.3) is 0 Å². The topological polar surface area (TPSA) is 78.4 Å². The number of thioether (sulfide) groups is 1. The molecule has 1 unspecified atom stereocenters. The van der Waals surface area contributed by atoms with Gasteiger partial charge in [-0.25, -0.2) is 4.79 Å². The smallest absolute Gasteiger partial charge is 0.315 e. The fraction of sp³-hybridized carbons (Fsp3) is 0.833. The molecule has 0 aromatic rings. The molecule has 0 spiro atoms. The number of hydrogen-bond acceptors (Lipinski definition) is 3. The van der Waals surface area contributed by atoms with Crippen LogP contribution >= 0.6 is 11.8 Å². The van der Waals surface area contributed by atoms with Gasteiger partial charge in [-0.3, -0.25) is 4.79 Å². The Bertz CT molecular complexity index is 306. The van der Waals surface area contributed by atoms with Gasteiger partial charge in [0.15, 0.2) is 0 Å². The Balaban J connectivity index is 2.32. The molecule has 1 fully saturated rings. The molecule has 1 aliphatic carbocycles. The zero-order valence-electron chi connectivity index (χ0n) is 11.0. The Morgan fingerprint density at radius 3 is 2.56 bits per heavy atom. The minimum absolute atomic E-state index is 0.0147. The molecule has 3 N–H and O–H groups in total. The van der Waals surface area contributed by atoms with Crippen LogP contribution in [0.5, 0.6) is 0 Å². The van der Waals surface area contributed by atoms with Gasteiger partial charge in [0, 0.05) is 6.54 Å². The lowest BCUT2D eigenvalue weighted by Crippen LogP contribution is -2.57. The lowest BCUT2D eigenvalue weighted by atomic mass is 9.74. The van der Waals surface area contributed by atoms with Crippen molar-refractivity contribution in [2.75, 3.05) is 18.6 Å². The first-order chi connectivity index (χ1) is 8.47. The van der Waals surface area contributed by atoms with Gasteiger partial charge >= 0.3 is 12.0 Å². The van der Waals surface area contributed by atoms with Crippen LogP contribution in [0.2, 0.25) is 0 Å². The zero-order valence-corrected chi connectivity index (χ0v) is 11.8. The van der Waals surface area contributed by atoms with E-state index in [1.165, 1.54) is 0 Å². The molecule has 0 bridgehead atoms. The molecule has 5 nitrogen and oxygen atoms in total. The third-order valence-corrected chi connectivity index (χ3v) is 4.14. The highest BCUT2D eigenvalue weighted by Crippen LogP contribution is 2.34. The van der Waals surface area contributed by atoms with Crippen LogP contribution < -0.4 is 10.6 Å². The first-order valence-electron chi connectivity index (χ1n) is 6.24. The number of rotatable bonds is 7. The molecule has 0 saturated heterocycles. The molecular weight excluding hydrogens is 252 g/mol. The van der Waals surface area contributed by atoms with E-state index in [4.69, 9.17) is 5.11 Å². The highest BCUT2D eigenvalue weighted by Gasteiger charge is 2.40. The number of carboxylic acids is 1. The van der Waals surface area contributed by atoms with E-state index < -0.39 is 11.5 Å². The standard InChI is InChI=1S/C12H22N2O3S/c1-9(8-18-2)7-13-11(17)14-12(4-3-5-12)6-10(15)16/h9H,3-8H2,1-2H3,(H,15,16)(H2,13,14,17). The summed E-state index contributed by atoms with van der Waals surface area (Å²) in [5.74, 6) is 0.564. The fourth-order valence-electron chi connectivity index (χ4n) is 2.13. The summed E-state index contributed by atoms with van der Waals surface area (Å²) in [5.41, 5.74) is -0.515. The molecule has 0 aromatic heterocycles. The second kappa shape index (κ2) is 6.87. The summed E-state index contributed by atoms with van der Waals surface area (Å²) >= 11 is 1.75. The Morgan fingerprint density at radius 2 is 2.11 bits per heavy atom. The van der Waals surface area contributed by atoms with Gasteiger partial charge in [-0.2, -0.15) is 11.8 Å². The van der Waals surface area contributed by atoms with Crippen LogP contribution in [0, 0.1) is 5.92 Å². The molecule has 6 heteroatoms. The summed E-state index contributed by atoms with van der Waals surface area (Å²) in [5, 5.41) is 14.5. The molecule has 0 heterocycles. The molecule has 18 heavy (non-hydrogen) atoms. The third-order valence-electron chi connectivity index (χ3n) is 3.24. The van der Waals surface area contributed by atoms with Crippen LogP contribution in [-0.2, 0) is 4.79 Å². The van der Waals surface area contributed by atoms with Crippen molar-refractivity contribution in [1.82, 2.24) is 10.6 Å². The highest BCUT2D eigenvalue weighted by molar-refractivity contribution is 7.98. The molecule has 0 aromatic carbocycles. The van der Waals surface area contributed by atoms with Crippen molar-refractivity contribution < 1.29 is 14.7 Å². The molecular formula is C12H22N2O3S. The third kappa shape index (κ3) is 4.76. The zero-order chi connectivity index (χ0) is 13.6. The van der Waals surface area contributed by atoms with Crippen LogP contribution in [0.3, 0.4) is 0 Å². The van der Waals surface area contributed by atoms with E-state index >= 15 is 0 Å². The number of amides is 2. The van der Waals surface area contributed by atoms with E-state index in [0.717, 1.165) is 25.0 Å². The van der Waals surface area contributed by atoms with Crippen LogP contribution in [-0.4, -0.2) is 41.2 Å². The summed E-state index contributed by atoms with van der Waals surface area (Å²) in [6.07, 6.45) is 4.55. The Kier molecular flexibility index (Phi) is 5.78. The molecule has 104 valence electrons. The van der Waals surface area contributed by atoms with Gasteiger partial charge in [0.2, 0.25) is 0 Å². The van der Waals surface area contributed by atoms with Gasteiger partial charge in [-0.15, -0.1) is 0 Å². The van der Waals surface area contributed by atoms with Gasteiger partial charge < -0.3 is 15.7 Å². The molecule has 1 rings (SSSR count). The maximum atomic E-state index is 11.7. The number of carbonyl (C=O) groups excluding carboxylic acids is 1. The predicted molar refractivity (Wildman–Crippen MR) is 72.9 cm³/mol. The van der Waals surface area contributed by atoms with Crippen molar-refractivity contribution in [1.29, 1.82) is 0 Å². The van der Waals surface area contributed by atoms with Crippen molar-refractivity contribution in [2.45, 2.75) is 38.1 Å². The van der Waals surface area contributed by atoms with E-state index in [-0.39, 0.29) is 12.5 Å². The molecule has 2 amide bonds. The van der Waals surface area contributed by atoms with Crippen molar-refractivity contribution in [3.63, 3.8) is 0 Å². The minimum Gasteiger partial charge on any atom is -0.481 e. The number of nitrogens with one attached hydrogen (secondary N) is 2. The molecule has 0 aliphatic heterocycles. The second-order valence-corrected chi connectivity index (χ2v) is 6.01. The lowest BCUT2D eigenvalue weighted by molar-refractivity contribution is -0.139. The summed E-state index contributed by atoms with van der Waals surface area (Å²) in [6, 6.07) is -0.246. The minimum atomic E-state index is -0.856. The molecule has 0 radical (unpaired) electrons. The Morgan fingerprint density at radius 1 is 1.44 bits per heavy atom. The van der Waals surface area contributed by atoms with Crippen molar-refractivity contribution in [3.8, 4) is 0 Å². The van der Waals surface area contributed by atoms with E-state index in [1.807, 2.05) is 6.26 Å². The second-order valence-electron chi connectivity index (χ2n) is 5.10. The fourth-order valence-corrected chi connectivity index (χ4v) is 2.82. The summed E-state index contributed by atoms with van der Waals surface area (Å²) in [4.78, 5) is 22.5. The van der Waals surface area contributed by atoms with Gasteiger partial charge in [-0.1, -0.05) is 6.92 Å². The lowest BCUT2D eigenvalue weighted by Gasteiger charge is -2.41. The van der Waals surface area contributed by atoms with Crippen LogP contribution in [0.15, 0.2) is 0 Å². The number of hydrogen-bond donors (Lipinski definition) is 3. The van der Waals surface area contributed by atoms with Crippen LogP contribution in [0.1, 0.15) is 32.6 Å².